The van der Waals surface area contributed by atoms with Gasteiger partial charge in [-0.05, 0) is 64.0 Å². The third-order valence-corrected chi connectivity index (χ3v) is 6.05. The number of carbonyl (C=O) groups excluding carboxylic acids is 3. The van der Waals surface area contributed by atoms with Crippen molar-refractivity contribution in [3.05, 3.63) is 40.6 Å². The molecule has 0 atom stereocenters. The van der Waals surface area contributed by atoms with Gasteiger partial charge >= 0.3 is 0 Å². The Kier molecular flexibility index (Phi) is 10.4. The highest BCUT2D eigenvalue weighted by molar-refractivity contribution is 8.04. The Morgan fingerprint density at radius 2 is 1.75 bits per heavy atom. The molecule has 10 heteroatoms. The third-order valence-electron chi connectivity index (χ3n) is 5.08. The van der Waals surface area contributed by atoms with Crippen molar-refractivity contribution in [3.63, 3.8) is 0 Å². The number of benzene rings is 1. The second kappa shape index (κ2) is 13.0. The van der Waals surface area contributed by atoms with Gasteiger partial charge < -0.3 is 30.9 Å². The van der Waals surface area contributed by atoms with Crippen LogP contribution in [0.4, 0.5) is 5.69 Å². The fourth-order valence-corrected chi connectivity index (χ4v) is 4.27. The molecule has 5 N–H and O–H groups in total. The van der Waals surface area contributed by atoms with E-state index in [2.05, 4.69) is 20.3 Å². The van der Waals surface area contributed by atoms with Crippen LogP contribution in [0.3, 0.4) is 0 Å². The van der Waals surface area contributed by atoms with Gasteiger partial charge in [-0.3, -0.25) is 14.4 Å². The molecule has 1 aromatic carbocycles. The first-order valence-electron chi connectivity index (χ1n) is 11.0. The number of hydrogen-bond donors (Lipinski definition) is 4. The number of likely N-dealkylation sites (tertiary alicyclic amines) is 1. The van der Waals surface area contributed by atoms with E-state index in [9.17, 15) is 14.4 Å². The number of carbonyl (C=O) groups is 3. The molecule has 3 amide bonds. The van der Waals surface area contributed by atoms with Crippen molar-refractivity contribution in [2.75, 3.05) is 44.0 Å². The third kappa shape index (κ3) is 7.45. The highest BCUT2D eigenvalue weighted by Gasteiger charge is 2.21. The van der Waals surface area contributed by atoms with Crippen LogP contribution in [-0.2, 0) is 9.59 Å². The smallest absolute Gasteiger partial charge is 0.269 e. The molecule has 1 saturated heterocycles. The van der Waals surface area contributed by atoms with Crippen LogP contribution in [0.25, 0.3) is 0 Å². The summed E-state index contributed by atoms with van der Waals surface area (Å²) in [6.45, 7) is 9.53. The molecule has 9 nitrogen and oxygen atoms in total. The Morgan fingerprint density at radius 1 is 1.09 bits per heavy atom. The van der Waals surface area contributed by atoms with Gasteiger partial charge in [-0.2, -0.15) is 0 Å². The lowest BCUT2D eigenvalue weighted by molar-refractivity contribution is -0.126. The van der Waals surface area contributed by atoms with Crippen LogP contribution < -0.4 is 21.1 Å². The minimum absolute atomic E-state index is 0.0320. The van der Waals surface area contributed by atoms with E-state index in [4.69, 9.17) is 5.73 Å². The highest BCUT2D eigenvalue weighted by Crippen LogP contribution is 2.25. The van der Waals surface area contributed by atoms with Gasteiger partial charge in [-0.1, -0.05) is 0 Å². The summed E-state index contributed by atoms with van der Waals surface area (Å²) in [5.41, 5.74) is 7.29. The van der Waals surface area contributed by atoms with Crippen LogP contribution in [0.2, 0.25) is 0 Å². The molecule has 1 fully saturated rings. The quantitative estimate of drug-likeness (QED) is 0.292. The van der Waals surface area contributed by atoms with Crippen LogP contribution in [0.5, 0.6) is 0 Å². The van der Waals surface area contributed by atoms with E-state index in [1.165, 1.54) is 24.7 Å². The van der Waals surface area contributed by atoms with E-state index in [0.29, 0.717) is 35.9 Å². The fraction of sp³-hybridized carbons (Fsp3) is 0.500. The second-order valence-electron chi connectivity index (χ2n) is 7.43. The Labute approximate surface area is 194 Å². The molecular weight excluding hydrogens is 428 g/mol. The molecule has 1 aromatic rings. The summed E-state index contributed by atoms with van der Waals surface area (Å²) >= 11 is 1.08. The van der Waals surface area contributed by atoms with Crippen LogP contribution >= 0.6 is 11.9 Å². The molecule has 1 aliphatic heterocycles. The Balaban J connectivity index is 1.98. The number of hydrogen-bond acceptors (Lipinski definition) is 7. The zero-order valence-electron chi connectivity index (χ0n) is 19.1. The van der Waals surface area contributed by atoms with Crippen LogP contribution in [0.15, 0.2) is 35.0 Å². The number of likely N-dealkylation sites (N-methyl/N-ethyl adjacent to an activating group) is 1. The maximum Gasteiger partial charge on any atom is 0.269 e. The van der Waals surface area contributed by atoms with Gasteiger partial charge in [0.2, 0.25) is 5.91 Å². The Hall–Kier alpha value is -2.72. The van der Waals surface area contributed by atoms with Crippen molar-refractivity contribution in [2.24, 2.45) is 5.73 Å². The van der Waals surface area contributed by atoms with Crippen LogP contribution in [0.1, 0.15) is 44.0 Å². The molecule has 0 saturated carbocycles. The van der Waals surface area contributed by atoms with E-state index in [-0.39, 0.29) is 17.5 Å². The number of nitrogens with two attached hydrogens (primary N) is 1. The summed E-state index contributed by atoms with van der Waals surface area (Å²) in [6.07, 6.45) is 2.46. The Bertz CT molecular complexity index is 821. The van der Waals surface area contributed by atoms with Crippen molar-refractivity contribution in [3.8, 4) is 0 Å². The summed E-state index contributed by atoms with van der Waals surface area (Å²) in [7, 11) is 0. The largest absolute Gasteiger partial charge is 0.392 e. The standard InChI is InChI=1S/C22H34N6O3S/c1-4-24-21(31)19(23)22(28(5-2)16(3)29)32-26-18-10-8-17(9-11-18)20(30)25-12-15-27-13-6-7-14-27/h8-11,26H,4-7,12-15,23H2,1-3H3,(H,24,31)(H,25,30)/b22-19+. The minimum atomic E-state index is -0.433. The highest BCUT2D eigenvalue weighted by atomic mass is 32.2. The molecule has 0 spiro atoms. The van der Waals surface area contributed by atoms with Gasteiger partial charge in [0.25, 0.3) is 11.8 Å². The first-order valence-corrected chi connectivity index (χ1v) is 11.8. The van der Waals surface area contributed by atoms with Crippen molar-refractivity contribution in [1.29, 1.82) is 0 Å². The Morgan fingerprint density at radius 3 is 2.31 bits per heavy atom. The molecule has 0 aliphatic carbocycles. The molecule has 0 radical (unpaired) electrons. The molecule has 32 heavy (non-hydrogen) atoms. The van der Waals surface area contributed by atoms with Gasteiger partial charge in [0.15, 0.2) is 0 Å². The number of nitrogens with one attached hydrogen (secondary N) is 3. The molecule has 0 unspecified atom stereocenters. The van der Waals surface area contributed by atoms with Crippen molar-refractivity contribution in [1.82, 2.24) is 20.4 Å². The van der Waals surface area contributed by atoms with Gasteiger partial charge in [0.1, 0.15) is 10.7 Å². The van der Waals surface area contributed by atoms with Gasteiger partial charge in [0.05, 0.1) is 0 Å². The van der Waals surface area contributed by atoms with Gasteiger partial charge in [-0.15, -0.1) is 0 Å². The normalized spacial score (nSPS) is 14.5. The molecule has 0 bridgehead atoms. The maximum absolute atomic E-state index is 12.4. The van der Waals surface area contributed by atoms with E-state index in [1.54, 1.807) is 31.2 Å². The first-order chi connectivity index (χ1) is 15.4. The van der Waals surface area contributed by atoms with E-state index in [0.717, 1.165) is 31.6 Å². The molecule has 176 valence electrons. The molecule has 1 aliphatic rings. The molecule has 1 heterocycles. The first kappa shape index (κ1) is 25.5. The lowest BCUT2D eigenvalue weighted by Gasteiger charge is -2.23. The number of amides is 3. The predicted molar refractivity (Wildman–Crippen MR) is 129 cm³/mol. The monoisotopic (exact) mass is 462 g/mol. The van der Waals surface area contributed by atoms with Crippen LogP contribution in [0, 0.1) is 0 Å². The fourth-order valence-electron chi connectivity index (χ4n) is 3.35. The van der Waals surface area contributed by atoms with Gasteiger partial charge in [0, 0.05) is 56.3 Å². The lowest BCUT2D eigenvalue weighted by Crippen LogP contribution is -2.35. The number of rotatable bonds is 11. The average molecular weight is 463 g/mol. The molecule has 0 aromatic heterocycles. The molecular formula is C22H34N6O3S. The summed E-state index contributed by atoms with van der Waals surface area (Å²) < 4.78 is 3.11. The molecule has 2 rings (SSSR count). The maximum atomic E-state index is 12.4. The van der Waals surface area contributed by atoms with E-state index >= 15 is 0 Å². The lowest BCUT2D eigenvalue weighted by atomic mass is 10.2. The number of anilines is 1. The minimum Gasteiger partial charge on any atom is -0.392 e. The van der Waals surface area contributed by atoms with Crippen molar-refractivity contribution < 1.29 is 14.4 Å². The zero-order valence-corrected chi connectivity index (χ0v) is 19.9. The average Bonchev–Trinajstić information content (AvgIpc) is 3.29. The second-order valence-corrected chi connectivity index (χ2v) is 8.22. The zero-order chi connectivity index (χ0) is 23.5. The summed E-state index contributed by atoms with van der Waals surface area (Å²) in [4.78, 5) is 40.4. The summed E-state index contributed by atoms with van der Waals surface area (Å²) in [5.74, 6) is -0.763. The summed E-state index contributed by atoms with van der Waals surface area (Å²) in [6, 6.07) is 7.00. The SMILES string of the molecule is CCNC(=O)/C(N)=C(\SNc1ccc(C(=O)NCCN2CCCC2)cc1)N(CC)C(C)=O. The van der Waals surface area contributed by atoms with Gasteiger partial charge in [-0.25, -0.2) is 0 Å². The van der Waals surface area contributed by atoms with E-state index < -0.39 is 5.91 Å². The predicted octanol–water partition coefficient (Wildman–Crippen LogP) is 1.70. The topological polar surface area (TPSA) is 120 Å². The van der Waals surface area contributed by atoms with E-state index in [1.807, 2.05) is 6.92 Å². The van der Waals surface area contributed by atoms with Crippen molar-refractivity contribution in [2.45, 2.75) is 33.6 Å². The van der Waals surface area contributed by atoms with Crippen LogP contribution in [-0.4, -0.2) is 66.8 Å². The summed E-state index contributed by atoms with van der Waals surface area (Å²) in [5, 5.41) is 5.93. The number of nitrogens with zero attached hydrogens (tertiary/aromatic N) is 2. The van der Waals surface area contributed by atoms with Crippen molar-refractivity contribution >= 4 is 35.4 Å².